The maximum Gasteiger partial charge on any atom is 0.262 e. The van der Waals surface area contributed by atoms with E-state index in [1.54, 1.807) is 0 Å². The van der Waals surface area contributed by atoms with Gasteiger partial charge in [0.05, 0.1) is 5.70 Å². The van der Waals surface area contributed by atoms with Crippen LogP contribution in [-0.4, -0.2) is 31.6 Å². The van der Waals surface area contributed by atoms with Crippen LogP contribution in [0.1, 0.15) is 34.1 Å². The van der Waals surface area contributed by atoms with Gasteiger partial charge in [0.2, 0.25) is 5.91 Å². The van der Waals surface area contributed by atoms with Crippen LogP contribution >= 0.6 is 0 Å². The second-order valence-corrected chi connectivity index (χ2v) is 5.54. The number of rotatable bonds is 3. The highest BCUT2D eigenvalue weighted by Gasteiger charge is 2.35. The predicted octanol–water partition coefficient (Wildman–Crippen LogP) is 1.82. The van der Waals surface area contributed by atoms with Crippen molar-refractivity contribution in [3.05, 3.63) is 23.4 Å². The average molecular weight is 286 g/mol. The van der Waals surface area contributed by atoms with Crippen molar-refractivity contribution >= 4 is 17.2 Å². The molecule has 0 aromatic heterocycles. The fraction of sp³-hybridized carbons (Fsp3) is 0.615. The molecule has 5 nitrogen and oxygen atoms in total. The van der Waals surface area contributed by atoms with Gasteiger partial charge in [-0.15, -0.1) is 0 Å². The van der Waals surface area contributed by atoms with E-state index in [1.165, 1.54) is 11.2 Å². The summed E-state index contributed by atoms with van der Waals surface area (Å²) in [5, 5.41) is 2.79. The minimum absolute atomic E-state index is 0.0808. The molecule has 1 aliphatic heterocycles. The minimum Gasteiger partial charge on any atom is -0.356 e. The van der Waals surface area contributed by atoms with Crippen LogP contribution in [0.4, 0.5) is 0 Å². The standard InChI is InChI=1S/C13H22N2O3S/c1-5-11-7-12(8-14-10(4)16)9(3)15(19(17)18)13(11)6-2/h5-6,9,12H,7-8H2,1-4H3,(H,14,16)(H,17,18)/b11-5-,13-6+/t9-,12+/m1/s1. The van der Waals surface area contributed by atoms with Crippen molar-refractivity contribution in [3.63, 3.8) is 0 Å². The van der Waals surface area contributed by atoms with E-state index >= 15 is 0 Å². The quantitative estimate of drug-likeness (QED) is 0.778. The van der Waals surface area contributed by atoms with Gasteiger partial charge in [0.15, 0.2) is 0 Å². The van der Waals surface area contributed by atoms with Crippen molar-refractivity contribution < 1.29 is 13.6 Å². The average Bonchev–Trinajstić information content (AvgIpc) is 2.35. The molecule has 1 rings (SSSR count). The van der Waals surface area contributed by atoms with Gasteiger partial charge in [0.1, 0.15) is 0 Å². The molecule has 3 atom stereocenters. The van der Waals surface area contributed by atoms with Gasteiger partial charge in [-0.1, -0.05) is 12.2 Å². The first-order chi connectivity index (χ1) is 8.92. The van der Waals surface area contributed by atoms with Crippen molar-refractivity contribution in [1.29, 1.82) is 0 Å². The highest BCUT2D eigenvalue weighted by molar-refractivity contribution is 7.76. The Morgan fingerprint density at radius 1 is 1.53 bits per heavy atom. The third-order valence-electron chi connectivity index (χ3n) is 3.50. The Morgan fingerprint density at radius 3 is 2.58 bits per heavy atom. The summed E-state index contributed by atoms with van der Waals surface area (Å²) in [4.78, 5) is 11.0. The van der Waals surface area contributed by atoms with Crippen molar-refractivity contribution in [2.24, 2.45) is 5.92 Å². The Labute approximate surface area is 117 Å². The van der Waals surface area contributed by atoms with E-state index in [9.17, 15) is 13.6 Å². The largest absolute Gasteiger partial charge is 0.356 e. The highest BCUT2D eigenvalue weighted by Crippen LogP contribution is 2.35. The van der Waals surface area contributed by atoms with Crippen LogP contribution in [0.3, 0.4) is 0 Å². The van der Waals surface area contributed by atoms with Crippen LogP contribution < -0.4 is 5.32 Å². The summed E-state index contributed by atoms with van der Waals surface area (Å²) in [6.07, 6.45) is 4.61. The van der Waals surface area contributed by atoms with Gasteiger partial charge in [0.25, 0.3) is 11.3 Å². The Kier molecular flexibility index (Phi) is 5.75. The number of allylic oxidation sites excluding steroid dienone is 3. The van der Waals surface area contributed by atoms with E-state index in [0.717, 1.165) is 17.7 Å². The fourth-order valence-corrected chi connectivity index (χ4v) is 3.28. The van der Waals surface area contributed by atoms with Gasteiger partial charge in [0, 0.05) is 25.4 Å². The Bertz CT molecular complexity index is 432. The number of piperidine rings is 1. The monoisotopic (exact) mass is 286 g/mol. The summed E-state index contributed by atoms with van der Waals surface area (Å²) in [6, 6.07) is -0.104. The predicted molar refractivity (Wildman–Crippen MR) is 76.4 cm³/mol. The molecular weight excluding hydrogens is 264 g/mol. The zero-order valence-corrected chi connectivity index (χ0v) is 12.7. The molecule has 0 aliphatic carbocycles. The summed E-state index contributed by atoms with van der Waals surface area (Å²) >= 11 is -2.06. The van der Waals surface area contributed by atoms with E-state index < -0.39 is 11.3 Å². The van der Waals surface area contributed by atoms with E-state index in [2.05, 4.69) is 5.32 Å². The zero-order chi connectivity index (χ0) is 14.6. The number of nitrogens with zero attached hydrogens (tertiary/aromatic N) is 1. The molecule has 0 bridgehead atoms. The van der Waals surface area contributed by atoms with Gasteiger partial charge in [-0.25, -0.2) is 4.21 Å². The summed E-state index contributed by atoms with van der Waals surface area (Å²) in [6.45, 7) is 7.68. The first kappa shape index (κ1) is 15.9. The first-order valence-electron chi connectivity index (χ1n) is 6.38. The SMILES string of the molecule is C/C=C1/C[C@@H](CNC(C)=O)[C@@H](C)N(S(=O)O)/C1=C/C. The first-order valence-corrected chi connectivity index (χ1v) is 7.45. The highest BCUT2D eigenvalue weighted by atomic mass is 32.2. The van der Waals surface area contributed by atoms with Gasteiger partial charge in [-0.2, -0.15) is 0 Å². The fourth-order valence-electron chi connectivity index (χ4n) is 2.43. The van der Waals surface area contributed by atoms with Crippen LogP contribution in [-0.2, 0) is 16.1 Å². The molecular formula is C13H22N2O3S. The summed E-state index contributed by atoms with van der Waals surface area (Å²) in [7, 11) is 0. The molecule has 6 heteroatoms. The Hall–Kier alpha value is -1.14. The van der Waals surface area contributed by atoms with Crippen molar-refractivity contribution in [2.45, 2.75) is 40.2 Å². The van der Waals surface area contributed by atoms with Crippen LogP contribution in [0.5, 0.6) is 0 Å². The molecule has 1 aliphatic rings. The Morgan fingerprint density at radius 2 is 2.16 bits per heavy atom. The van der Waals surface area contributed by atoms with E-state index in [1.807, 2.05) is 32.9 Å². The maximum absolute atomic E-state index is 11.6. The molecule has 2 N–H and O–H groups in total. The topological polar surface area (TPSA) is 69.6 Å². The molecule has 0 radical (unpaired) electrons. The van der Waals surface area contributed by atoms with E-state index in [4.69, 9.17) is 0 Å². The number of amides is 1. The van der Waals surface area contributed by atoms with Crippen LogP contribution in [0, 0.1) is 5.92 Å². The molecule has 1 unspecified atom stereocenters. The summed E-state index contributed by atoms with van der Waals surface area (Å²) < 4.78 is 22.6. The molecule has 0 aromatic rings. The Balaban J connectivity index is 3.00. The number of hydrogen-bond donors (Lipinski definition) is 2. The van der Waals surface area contributed by atoms with Crippen LogP contribution in [0.15, 0.2) is 23.4 Å². The van der Waals surface area contributed by atoms with E-state index in [-0.39, 0.29) is 17.9 Å². The van der Waals surface area contributed by atoms with Crippen molar-refractivity contribution in [1.82, 2.24) is 9.62 Å². The third kappa shape index (κ3) is 3.67. The maximum atomic E-state index is 11.6. The van der Waals surface area contributed by atoms with Gasteiger partial charge < -0.3 is 5.32 Å². The lowest BCUT2D eigenvalue weighted by atomic mass is 9.86. The number of hydrogen-bond acceptors (Lipinski definition) is 2. The lowest BCUT2D eigenvalue weighted by Crippen LogP contribution is -2.47. The number of carbonyl (C=O) groups excluding carboxylic acids is 1. The number of nitrogens with one attached hydrogen (secondary N) is 1. The lowest BCUT2D eigenvalue weighted by Gasteiger charge is -2.41. The normalized spacial score (nSPS) is 29.6. The third-order valence-corrected chi connectivity index (χ3v) is 4.37. The second kappa shape index (κ2) is 6.86. The summed E-state index contributed by atoms with van der Waals surface area (Å²) in [5.41, 5.74) is 1.84. The molecule has 108 valence electrons. The van der Waals surface area contributed by atoms with Crippen LogP contribution in [0.25, 0.3) is 0 Å². The molecule has 1 fully saturated rings. The molecule has 0 aromatic carbocycles. The smallest absolute Gasteiger partial charge is 0.262 e. The molecule has 19 heavy (non-hydrogen) atoms. The molecule has 1 saturated heterocycles. The number of carbonyl (C=O) groups is 1. The van der Waals surface area contributed by atoms with Gasteiger partial charge in [-0.3, -0.25) is 13.7 Å². The molecule has 1 heterocycles. The molecule has 1 amide bonds. The molecule has 0 saturated carbocycles. The zero-order valence-electron chi connectivity index (χ0n) is 11.8. The van der Waals surface area contributed by atoms with Crippen molar-refractivity contribution in [2.75, 3.05) is 6.54 Å². The van der Waals surface area contributed by atoms with Gasteiger partial charge in [-0.05, 0) is 32.8 Å². The summed E-state index contributed by atoms with van der Waals surface area (Å²) in [5.74, 6) is 0.0395. The van der Waals surface area contributed by atoms with Gasteiger partial charge >= 0.3 is 0 Å². The van der Waals surface area contributed by atoms with Crippen LogP contribution in [0.2, 0.25) is 0 Å². The second-order valence-electron chi connectivity index (χ2n) is 4.69. The van der Waals surface area contributed by atoms with E-state index in [0.29, 0.717) is 6.54 Å². The minimum atomic E-state index is -2.06. The molecule has 0 spiro atoms. The van der Waals surface area contributed by atoms with Crippen molar-refractivity contribution in [3.8, 4) is 0 Å². The lowest BCUT2D eigenvalue weighted by molar-refractivity contribution is -0.119.